The molecule has 0 aliphatic heterocycles. The minimum Gasteiger partial charge on any atom is -0.336 e. The van der Waals surface area contributed by atoms with Crippen molar-refractivity contribution in [3.63, 3.8) is 0 Å². The van der Waals surface area contributed by atoms with E-state index in [2.05, 4.69) is 48.3 Å². The van der Waals surface area contributed by atoms with Crippen LogP contribution in [0.1, 0.15) is 35.6 Å². The summed E-state index contributed by atoms with van der Waals surface area (Å²) in [6.07, 6.45) is 9.25. The van der Waals surface area contributed by atoms with Gasteiger partial charge in [-0.2, -0.15) is 15.4 Å². The first kappa shape index (κ1) is 18.1. The van der Waals surface area contributed by atoms with E-state index in [0.29, 0.717) is 5.92 Å². The Kier molecular flexibility index (Phi) is 4.64. The average Bonchev–Trinajstić information content (AvgIpc) is 3.37. The normalized spacial score (nSPS) is 16.0. The molecule has 7 heteroatoms. The molecule has 0 spiro atoms. The quantitative estimate of drug-likeness (QED) is 0.529. The third-order valence-electron chi connectivity index (χ3n) is 5.63. The third kappa shape index (κ3) is 3.56. The van der Waals surface area contributed by atoms with E-state index in [9.17, 15) is 0 Å². The number of aromatic amines is 1. The van der Waals surface area contributed by atoms with E-state index in [4.69, 9.17) is 11.6 Å². The topological polar surface area (TPSA) is 72.3 Å². The van der Waals surface area contributed by atoms with Gasteiger partial charge in [-0.3, -0.25) is 4.98 Å². The van der Waals surface area contributed by atoms with E-state index >= 15 is 0 Å². The summed E-state index contributed by atoms with van der Waals surface area (Å²) < 4.78 is 2.17. The van der Waals surface area contributed by atoms with Crippen molar-refractivity contribution in [2.24, 2.45) is 0 Å². The van der Waals surface area contributed by atoms with Gasteiger partial charge in [0.1, 0.15) is 11.4 Å². The molecule has 5 rings (SSSR count). The number of rotatable bonds is 4. The fraction of sp³-hybridized carbons (Fsp3) is 0.273. The minimum atomic E-state index is 0.482. The molecule has 0 fully saturated rings. The molecule has 1 aliphatic carbocycles. The average molecular weight is 405 g/mol. The van der Waals surface area contributed by atoms with Gasteiger partial charge in [0.05, 0.1) is 17.7 Å². The zero-order chi connectivity index (χ0) is 19.8. The maximum Gasteiger partial charge on any atom is 0.115 e. The van der Waals surface area contributed by atoms with Gasteiger partial charge >= 0.3 is 0 Å². The Labute approximate surface area is 174 Å². The van der Waals surface area contributed by atoms with Crippen molar-refractivity contribution in [2.45, 2.75) is 38.6 Å². The number of nitrogens with zero attached hydrogens (tertiary/aromatic N) is 5. The van der Waals surface area contributed by atoms with Crippen molar-refractivity contribution in [3.8, 4) is 22.6 Å². The number of hydrogen-bond acceptors (Lipinski definition) is 4. The summed E-state index contributed by atoms with van der Waals surface area (Å²) in [7, 11) is 0. The smallest absolute Gasteiger partial charge is 0.115 e. The molecule has 0 saturated heterocycles. The highest BCUT2D eigenvalue weighted by molar-refractivity contribution is 6.30. The van der Waals surface area contributed by atoms with Gasteiger partial charge in [0, 0.05) is 35.4 Å². The summed E-state index contributed by atoms with van der Waals surface area (Å²) in [6, 6.07) is 10.2. The molecule has 3 aromatic heterocycles. The van der Waals surface area contributed by atoms with Crippen LogP contribution < -0.4 is 0 Å². The molecule has 0 saturated carbocycles. The zero-order valence-corrected chi connectivity index (χ0v) is 16.9. The SMILES string of the molecule is Cc1n[nH]nc1-c1ccnc(-c2cn(C[C@@H]3CCCc4cc(Cl)ccc43)cn2)c1. The highest BCUT2D eigenvalue weighted by Crippen LogP contribution is 2.34. The summed E-state index contributed by atoms with van der Waals surface area (Å²) in [5.74, 6) is 0.482. The lowest BCUT2D eigenvalue weighted by Crippen LogP contribution is -2.14. The first-order valence-electron chi connectivity index (χ1n) is 9.81. The van der Waals surface area contributed by atoms with Crippen molar-refractivity contribution in [1.29, 1.82) is 0 Å². The summed E-state index contributed by atoms with van der Waals surface area (Å²) >= 11 is 6.18. The number of aryl methyl sites for hydroxylation is 2. The van der Waals surface area contributed by atoms with Crippen molar-refractivity contribution < 1.29 is 0 Å². The molecular formula is C22H21ClN6. The second kappa shape index (κ2) is 7.44. The molecule has 1 atom stereocenters. The number of imidazole rings is 1. The van der Waals surface area contributed by atoms with E-state index in [-0.39, 0.29) is 0 Å². The molecule has 1 aliphatic rings. The molecule has 4 aromatic rings. The zero-order valence-electron chi connectivity index (χ0n) is 16.1. The van der Waals surface area contributed by atoms with Crippen LogP contribution in [0.25, 0.3) is 22.6 Å². The number of H-pyrrole nitrogens is 1. The lowest BCUT2D eigenvalue weighted by Gasteiger charge is -2.26. The number of nitrogens with one attached hydrogen (secondary N) is 1. The standard InChI is InChI=1S/C22H21ClN6/c1-14-22(27-28-26-14)16-7-8-24-20(10-16)21-12-29(13-25-21)11-17-4-2-3-15-9-18(23)5-6-19(15)17/h5-10,12-13,17H,2-4,11H2,1H3,(H,26,27,28)/t17-/m0/s1. The van der Waals surface area contributed by atoms with Crippen molar-refractivity contribution >= 4 is 11.6 Å². The Morgan fingerprint density at radius 1 is 1.14 bits per heavy atom. The molecule has 146 valence electrons. The fourth-order valence-corrected chi connectivity index (χ4v) is 4.39. The molecule has 1 N–H and O–H groups in total. The Morgan fingerprint density at radius 3 is 2.93 bits per heavy atom. The van der Waals surface area contributed by atoms with Crippen LogP contribution in [0.15, 0.2) is 49.1 Å². The second-order valence-electron chi connectivity index (χ2n) is 7.58. The monoisotopic (exact) mass is 404 g/mol. The molecule has 1 aromatic carbocycles. The van der Waals surface area contributed by atoms with Gasteiger partial charge in [0.2, 0.25) is 0 Å². The van der Waals surface area contributed by atoms with E-state index in [1.807, 2.05) is 31.5 Å². The summed E-state index contributed by atoms with van der Waals surface area (Å²) in [4.78, 5) is 9.11. The summed E-state index contributed by atoms with van der Waals surface area (Å²) in [5.41, 5.74) is 7.17. The molecule has 0 radical (unpaired) electrons. The molecule has 0 bridgehead atoms. The minimum absolute atomic E-state index is 0.482. The van der Waals surface area contributed by atoms with Gasteiger partial charge < -0.3 is 4.57 Å². The van der Waals surface area contributed by atoms with E-state index in [0.717, 1.165) is 46.3 Å². The van der Waals surface area contributed by atoms with Crippen molar-refractivity contribution in [3.05, 3.63) is 70.9 Å². The van der Waals surface area contributed by atoms with Crippen LogP contribution in [-0.4, -0.2) is 29.9 Å². The highest BCUT2D eigenvalue weighted by atomic mass is 35.5. The predicted octanol–water partition coefficient (Wildman–Crippen LogP) is 4.81. The van der Waals surface area contributed by atoms with Crippen LogP contribution in [0.2, 0.25) is 5.02 Å². The Bertz CT molecular complexity index is 1160. The molecule has 0 amide bonds. The van der Waals surface area contributed by atoms with Crippen LogP contribution in [0.3, 0.4) is 0 Å². The molecular weight excluding hydrogens is 384 g/mol. The number of hydrogen-bond donors (Lipinski definition) is 1. The molecule has 6 nitrogen and oxygen atoms in total. The van der Waals surface area contributed by atoms with Crippen LogP contribution in [0.5, 0.6) is 0 Å². The van der Waals surface area contributed by atoms with Gasteiger partial charge in [-0.25, -0.2) is 4.98 Å². The largest absolute Gasteiger partial charge is 0.336 e. The third-order valence-corrected chi connectivity index (χ3v) is 5.86. The first-order valence-corrected chi connectivity index (χ1v) is 10.2. The highest BCUT2D eigenvalue weighted by Gasteiger charge is 2.21. The lowest BCUT2D eigenvalue weighted by atomic mass is 9.83. The lowest BCUT2D eigenvalue weighted by molar-refractivity contribution is 0.483. The number of fused-ring (bicyclic) bond motifs is 1. The Morgan fingerprint density at radius 2 is 2.07 bits per heavy atom. The van der Waals surface area contributed by atoms with Gasteiger partial charge in [-0.1, -0.05) is 17.7 Å². The second-order valence-corrected chi connectivity index (χ2v) is 8.01. The number of aromatic nitrogens is 6. The van der Waals surface area contributed by atoms with E-state index in [1.54, 1.807) is 6.20 Å². The Hall–Kier alpha value is -2.99. The molecule has 0 unspecified atom stereocenters. The summed E-state index contributed by atoms with van der Waals surface area (Å²) in [6.45, 7) is 2.84. The summed E-state index contributed by atoms with van der Waals surface area (Å²) in [5, 5.41) is 11.8. The van der Waals surface area contributed by atoms with Crippen molar-refractivity contribution in [2.75, 3.05) is 0 Å². The predicted molar refractivity (Wildman–Crippen MR) is 113 cm³/mol. The molecule has 3 heterocycles. The van der Waals surface area contributed by atoms with Crippen LogP contribution in [0, 0.1) is 6.92 Å². The van der Waals surface area contributed by atoms with E-state index in [1.165, 1.54) is 24.0 Å². The number of benzene rings is 1. The maximum absolute atomic E-state index is 6.18. The van der Waals surface area contributed by atoms with Crippen LogP contribution in [-0.2, 0) is 13.0 Å². The fourth-order valence-electron chi connectivity index (χ4n) is 4.20. The van der Waals surface area contributed by atoms with E-state index < -0.39 is 0 Å². The van der Waals surface area contributed by atoms with Crippen molar-refractivity contribution in [1.82, 2.24) is 29.9 Å². The maximum atomic E-state index is 6.18. The van der Waals surface area contributed by atoms with Crippen LogP contribution in [0.4, 0.5) is 0 Å². The van der Waals surface area contributed by atoms with Crippen LogP contribution >= 0.6 is 11.6 Å². The Balaban J connectivity index is 1.39. The van der Waals surface area contributed by atoms with Gasteiger partial charge in [-0.15, -0.1) is 0 Å². The van der Waals surface area contributed by atoms with Gasteiger partial charge in [0.25, 0.3) is 0 Å². The first-order chi connectivity index (χ1) is 14.2. The number of halogens is 1. The molecule has 29 heavy (non-hydrogen) atoms. The van der Waals surface area contributed by atoms with Gasteiger partial charge in [-0.05, 0) is 61.6 Å². The number of pyridine rings is 1. The van der Waals surface area contributed by atoms with Gasteiger partial charge in [0.15, 0.2) is 0 Å².